The van der Waals surface area contributed by atoms with Gasteiger partial charge < -0.3 is 5.32 Å². The quantitative estimate of drug-likeness (QED) is 0.367. The molecule has 154 valence electrons. The van der Waals surface area contributed by atoms with Crippen molar-refractivity contribution in [2.75, 3.05) is 5.32 Å². The van der Waals surface area contributed by atoms with E-state index in [-0.39, 0.29) is 5.56 Å². The van der Waals surface area contributed by atoms with Gasteiger partial charge in [-0.05, 0) is 61.8 Å². The summed E-state index contributed by atoms with van der Waals surface area (Å²) in [5.41, 5.74) is 2.65. The number of halogens is 1. The number of amides is 1. The number of hydrogen-bond acceptors (Lipinski definition) is 4. The molecule has 1 saturated carbocycles. The first-order valence-corrected chi connectivity index (χ1v) is 9.95. The summed E-state index contributed by atoms with van der Waals surface area (Å²) < 4.78 is 15.2. The van der Waals surface area contributed by atoms with E-state index in [0.717, 1.165) is 11.1 Å². The Morgan fingerprint density at radius 1 is 1.24 bits per heavy atom. The molecule has 1 amide bonds. The molecule has 2 aromatic rings. The number of carbonyl (C=O) groups is 1. The molecule has 3 rings (SSSR count). The Kier molecular flexibility index (Phi) is 6.03. The Morgan fingerprint density at radius 2 is 1.90 bits per heavy atom. The fourth-order valence-corrected chi connectivity index (χ4v) is 4.05. The summed E-state index contributed by atoms with van der Waals surface area (Å²) in [5.74, 6) is 0.0744. The number of benzene rings is 1. The van der Waals surface area contributed by atoms with Crippen molar-refractivity contribution >= 4 is 11.7 Å². The van der Waals surface area contributed by atoms with Crippen molar-refractivity contribution in [2.45, 2.75) is 57.2 Å². The molecule has 29 heavy (non-hydrogen) atoms. The summed E-state index contributed by atoms with van der Waals surface area (Å²) in [6, 6.07) is 11.8. The molecule has 6 heteroatoms. The van der Waals surface area contributed by atoms with E-state index in [4.69, 9.17) is 5.21 Å². The number of nitrogens with one attached hydrogen (secondary N) is 2. The van der Waals surface area contributed by atoms with E-state index in [0.29, 0.717) is 43.5 Å². The van der Waals surface area contributed by atoms with Crippen LogP contribution in [0.5, 0.6) is 0 Å². The third-order valence-corrected chi connectivity index (χ3v) is 6.06. The summed E-state index contributed by atoms with van der Waals surface area (Å²) in [4.78, 5) is 16.2. The number of carbonyl (C=O) groups excluding carboxylic acids is 1. The number of aryl methyl sites for hydroxylation is 1. The Bertz CT molecular complexity index is 890. The number of alkyl halides is 1. The number of hydrogen-bond donors (Lipinski definition) is 3. The van der Waals surface area contributed by atoms with Crippen molar-refractivity contribution in [1.29, 1.82) is 0 Å². The van der Waals surface area contributed by atoms with Gasteiger partial charge in [0.15, 0.2) is 0 Å². The second-order valence-electron chi connectivity index (χ2n) is 7.84. The van der Waals surface area contributed by atoms with Gasteiger partial charge in [-0.25, -0.2) is 14.9 Å². The first-order valence-electron chi connectivity index (χ1n) is 9.95. The molecule has 0 radical (unpaired) electrons. The minimum absolute atomic E-state index is 0.289. The highest BCUT2D eigenvalue weighted by atomic mass is 19.1. The summed E-state index contributed by atoms with van der Waals surface area (Å²) in [6.45, 7) is 7.58. The second-order valence-corrected chi connectivity index (χ2v) is 7.84. The molecule has 0 atom stereocenters. The maximum Gasteiger partial charge on any atom is 0.276 e. The van der Waals surface area contributed by atoms with Crippen molar-refractivity contribution in [3.8, 4) is 0 Å². The van der Waals surface area contributed by atoms with Gasteiger partial charge in [0.1, 0.15) is 11.5 Å². The topological polar surface area (TPSA) is 74.2 Å². The average molecular weight is 397 g/mol. The molecule has 0 bridgehead atoms. The lowest BCUT2D eigenvalue weighted by molar-refractivity contribution is 0.0706. The lowest BCUT2D eigenvalue weighted by Crippen LogP contribution is -2.44. The van der Waals surface area contributed by atoms with Crippen LogP contribution in [-0.2, 0) is 12.0 Å². The SMILES string of the molecule is C=C(C)C1(F)CCC(Nc2ncc(C(=O)NO)cc2CC)(c2ccccc2)CC1. The monoisotopic (exact) mass is 397 g/mol. The lowest BCUT2D eigenvalue weighted by Gasteiger charge is -2.44. The molecule has 5 nitrogen and oxygen atoms in total. The second kappa shape index (κ2) is 8.33. The highest BCUT2D eigenvalue weighted by molar-refractivity contribution is 5.93. The number of aromatic nitrogens is 1. The van der Waals surface area contributed by atoms with E-state index in [2.05, 4.69) is 29.0 Å². The molecule has 0 unspecified atom stereocenters. The van der Waals surface area contributed by atoms with Crippen LogP contribution in [0.4, 0.5) is 10.2 Å². The van der Waals surface area contributed by atoms with Gasteiger partial charge in [0.25, 0.3) is 5.91 Å². The Balaban J connectivity index is 1.97. The molecule has 3 N–H and O–H groups in total. The Labute approximate surface area is 171 Å². The predicted molar refractivity (Wildman–Crippen MR) is 112 cm³/mol. The van der Waals surface area contributed by atoms with Crippen molar-refractivity contribution < 1.29 is 14.4 Å². The predicted octanol–water partition coefficient (Wildman–Crippen LogP) is 4.93. The number of pyridine rings is 1. The van der Waals surface area contributed by atoms with Crippen LogP contribution in [0.2, 0.25) is 0 Å². The molecule has 1 aliphatic carbocycles. The van der Waals surface area contributed by atoms with E-state index in [9.17, 15) is 4.79 Å². The van der Waals surface area contributed by atoms with Crippen LogP contribution in [0.1, 0.15) is 61.0 Å². The molecular formula is C23H28FN3O2. The maximum atomic E-state index is 15.2. The summed E-state index contributed by atoms with van der Waals surface area (Å²) >= 11 is 0. The van der Waals surface area contributed by atoms with Crippen molar-refractivity contribution in [3.63, 3.8) is 0 Å². The van der Waals surface area contributed by atoms with Gasteiger partial charge in [-0.1, -0.05) is 43.8 Å². The van der Waals surface area contributed by atoms with Crippen molar-refractivity contribution in [3.05, 3.63) is 71.4 Å². The summed E-state index contributed by atoms with van der Waals surface area (Å²) in [6.07, 6.45) is 4.06. The van der Waals surface area contributed by atoms with Gasteiger partial charge in [0, 0.05) is 6.20 Å². The van der Waals surface area contributed by atoms with Crippen LogP contribution in [0, 0.1) is 0 Å². The van der Waals surface area contributed by atoms with Crippen molar-refractivity contribution in [1.82, 2.24) is 10.5 Å². The minimum atomic E-state index is -1.34. The highest BCUT2D eigenvalue weighted by Gasteiger charge is 2.44. The van der Waals surface area contributed by atoms with Crippen LogP contribution in [-0.4, -0.2) is 21.8 Å². The van der Waals surface area contributed by atoms with Crippen LogP contribution >= 0.6 is 0 Å². The fourth-order valence-electron chi connectivity index (χ4n) is 4.05. The van der Waals surface area contributed by atoms with E-state index >= 15 is 4.39 Å². The molecule has 1 heterocycles. The Hall–Kier alpha value is -2.73. The molecular weight excluding hydrogens is 369 g/mol. The van der Waals surface area contributed by atoms with Gasteiger partial charge in [-0.2, -0.15) is 0 Å². The first kappa shape index (κ1) is 21.0. The van der Waals surface area contributed by atoms with Crippen molar-refractivity contribution in [2.24, 2.45) is 0 Å². The van der Waals surface area contributed by atoms with E-state index in [1.807, 2.05) is 25.1 Å². The first-order chi connectivity index (χ1) is 13.8. The number of rotatable bonds is 6. The van der Waals surface area contributed by atoms with Gasteiger partial charge >= 0.3 is 0 Å². The number of allylic oxidation sites excluding steroid dienone is 1. The zero-order chi connectivity index (χ0) is 21.1. The largest absolute Gasteiger partial charge is 0.360 e. The van der Waals surface area contributed by atoms with Crippen LogP contribution in [0.15, 0.2) is 54.7 Å². The third kappa shape index (κ3) is 4.17. The lowest BCUT2D eigenvalue weighted by atomic mass is 9.69. The van der Waals surface area contributed by atoms with Gasteiger partial charge in [-0.15, -0.1) is 0 Å². The van der Waals surface area contributed by atoms with E-state index < -0.39 is 17.1 Å². The van der Waals surface area contributed by atoms with Gasteiger partial charge in [0.05, 0.1) is 11.1 Å². The minimum Gasteiger partial charge on any atom is -0.360 e. The molecule has 1 fully saturated rings. The normalized spacial score (nSPS) is 24.0. The molecule has 0 aliphatic heterocycles. The maximum absolute atomic E-state index is 15.2. The standard InChI is InChI=1S/C23H28FN3O2/c1-4-17-14-18(21(28)27-29)15-25-20(17)26-23(19-8-6-5-7-9-19)12-10-22(24,11-13-23)16(2)3/h5-9,14-15,29H,2,4,10-13H2,1,3H3,(H,25,26)(H,27,28). The molecule has 0 saturated heterocycles. The fraction of sp³-hybridized carbons (Fsp3) is 0.391. The molecule has 1 aliphatic rings. The summed E-state index contributed by atoms with van der Waals surface area (Å²) in [5, 5.41) is 12.5. The smallest absolute Gasteiger partial charge is 0.276 e. The van der Waals surface area contributed by atoms with Crippen LogP contribution < -0.4 is 10.8 Å². The average Bonchev–Trinajstić information content (AvgIpc) is 2.75. The highest BCUT2D eigenvalue weighted by Crippen LogP contribution is 2.47. The zero-order valence-corrected chi connectivity index (χ0v) is 17.0. The van der Waals surface area contributed by atoms with Gasteiger partial charge in [0.2, 0.25) is 0 Å². The van der Waals surface area contributed by atoms with E-state index in [1.54, 1.807) is 18.5 Å². The van der Waals surface area contributed by atoms with Crippen LogP contribution in [0.25, 0.3) is 0 Å². The van der Waals surface area contributed by atoms with Crippen LogP contribution in [0.3, 0.4) is 0 Å². The number of hydroxylamine groups is 1. The number of nitrogens with zero attached hydrogens (tertiary/aromatic N) is 1. The molecule has 1 aromatic carbocycles. The zero-order valence-electron chi connectivity index (χ0n) is 17.0. The molecule has 1 aromatic heterocycles. The van der Waals surface area contributed by atoms with E-state index in [1.165, 1.54) is 6.20 Å². The third-order valence-electron chi connectivity index (χ3n) is 6.06. The summed E-state index contributed by atoms with van der Waals surface area (Å²) in [7, 11) is 0. The number of anilines is 1. The Morgan fingerprint density at radius 3 is 2.45 bits per heavy atom. The van der Waals surface area contributed by atoms with Gasteiger partial charge in [-0.3, -0.25) is 10.0 Å². The molecule has 0 spiro atoms.